The van der Waals surface area contributed by atoms with Gasteiger partial charge in [0.1, 0.15) is 11.3 Å². The number of hydrogen-bond donors (Lipinski definition) is 1. The summed E-state index contributed by atoms with van der Waals surface area (Å²) in [5, 5.41) is 0.0891. The van der Waals surface area contributed by atoms with E-state index in [0.29, 0.717) is 0 Å². The van der Waals surface area contributed by atoms with Crippen molar-refractivity contribution in [1.82, 2.24) is 0 Å². The number of carbonyl (C=O) groups excluding carboxylic acids is 1. The standard InChI is InChI=1S/C10H10ClF2NO3/c1-2-16-9(15)8-6(14)3-5(11)4-7(8)17-10(12)13/h3-4,10H,2,14H2,1H3. The Morgan fingerprint density at radius 3 is 2.71 bits per heavy atom. The number of nitrogen functional groups attached to an aromatic ring is 1. The van der Waals surface area contributed by atoms with E-state index in [9.17, 15) is 13.6 Å². The van der Waals surface area contributed by atoms with Crippen LogP contribution in [0.4, 0.5) is 14.5 Å². The number of alkyl halides is 2. The molecule has 0 heterocycles. The number of benzene rings is 1. The topological polar surface area (TPSA) is 61.5 Å². The molecular weight excluding hydrogens is 256 g/mol. The van der Waals surface area contributed by atoms with E-state index in [1.165, 1.54) is 6.07 Å². The van der Waals surface area contributed by atoms with Crippen molar-refractivity contribution in [2.45, 2.75) is 13.5 Å². The Hall–Kier alpha value is -1.56. The fourth-order valence-corrected chi connectivity index (χ4v) is 1.43. The van der Waals surface area contributed by atoms with E-state index >= 15 is 0 Å². The predicted octanol–water partition coefficient (Wildman–Crippen LogP) is 2.70. The first kappa shape index (κ1) is 13.5. The van der Waals surface area contributed by atoms with Crippen LogP contribution in [0.2, 0.25) is 5.02 Å². The molecule has 0 aromatic heterocycles. The number of esters is 1. The van der Waals surface area contributed by atoms with Gasteiger partial charge in [-0.25, -0.2) is 4.79 Å². The number of ether oxygens (including phenoxy) is 2. The van der Waals surface area contributed by atoms with Gasteiger partial charge in [0.2, 0.25) is 0 Å². The van der Waals surface area contributed by atoms with Gasteiger partial charge in [0, 0.05) is 11.1 Å². The number of anilines is 1. The second-order valence-electron chi connectivity index (χ2n) is 2.97. The van der Waals surface area contributed by atoms with Gasteiger partial charge < -0.3 is 15.2 Å². The first-order chi connectivity index (χ1) is 7.95. The zero-order valence-electron chi connectivity index (χ0n) is 8.88. The smallest absolute Gasteiger partial charge is 0.387 e. The summed E-state index contributed by atoms with van der Waals surface area (Å²) in [6.07, 6.45) is 0. The van der Waals surface area contributed by atoms with Crippen LogP contribution in [0.25, 0.3) is 0 Å². The number of rotatable bonds is 4. The first-order valence-electron chi connectivity index (χ1n) is 4.66. The lowest BCUT2D eigenvalue weighted by atomic mass is 10.1. The normalized spacial score (nSPS) is 10.4. The minimum absolute atomic E-state index is 0.0772. The minimum atomic E-state index is -3.08. The largest absolute Gasteiger partial charge is 0.462 e. The Morgan fingerprint density at radius 1 is 1.53 bits per heavy atom. The van der Waals surface area contributed by atoms with E-state index in [1.54, 1.807) is 6.92 Å². The maximum Gasteiger partial charge on any atom is 0.387 e. The first-order valence-corrected chi connectivity index (χ1v) is 5.04. The molecule has 1 rings (SSSR count). The Labute approximate surface area is 101 Å². The Kier molecular flexibility index (Phi) is 4.51. The summed E-state index contributed by atoms with van der Waals surface area (Å²) in [7, 11) is 0. The highest BCUT2D eigenvalue weighted by molar-refractivity contribution is 6.31. The van der Waals surface area contributed by atoms with E-state index in [2.05, 4.69) is 9.47 Å². The second kappa shape index (κ2) is 5.67. The highest BCUT2D eigenvalue weighted by Gasteiger charge is 2.21. The lowest BCUT2D eigenvalue weighted by Crippen LogP contribution is -2.13. The minimum Gasteiger partial charge on any atom is -0.462 e. The molecule has 0 aliphatic carbocycles. The SMILES string of the molecule is CCOC(=O)c1c(N)cc(Cl)cc1OC(F)F. The van der Waals surface area contributed by atoms with Gasteiger partial charge in [0.05, 0.1) is 12.3 Å². The van der Waals surface area contributed by atoms with Gasteiger partial charge in [-0.2, -0.15) is 8.78 Å². The van der Waals surface area contributed by atoms with Crippen LogP contribution in [-0.2, 0) is 4.74 Å². The van der Waals surface area contributed by atoms with Crippen molar-refractivity contribution in [3.63, 3.8) is 0 Å². The fraction of sp³-hybridized carbons (Fsp3) is 0.300. The third-order valence-electron chi connectivity index (χ3n) is 1.79. The summed E-state index contributed by atoms with van der Waals surface area (Å²) in [6.45, 7) is -1.41. The summed E-state index contributed by atoms with van der Waals surface area (Å²) < 4.78 is 33.2. The Balaban J connectivity index is 3.20. The van der Waals surface area contributed by atoms with Crippen LogP contribution in [0.5, 0.6) is 5.75 Å². The third-order valence-corrected chi connectivity index (χ3v) is 2.01. The van der Waals surface area contributed by atoms with Crippen LogP contribution in [0.15, 0.2) is 12.1 Å². The lowest BCUT2D eigenvalue weighted by molar-refractivity contribution is -0.0503. The molecular formula is C10H10ClF2NO3. The lowest BCUT2D eigenvalue weighted by Gasteiger charge is -2.12. The second-order valence-corrected chi connectivity index (χ2v) is 3.40. The van der Waals surface area contributed by atoms with E-state index in [-0.39, 0.29) is 22.9 Å². The van der Waals surface area contributed by atoms with Crippen LogP contribution in [0.1, 0.15) is 17.3 Å². The van der Waals surface area contributed by atoms with Gasteiger partial charge >= 0.3 is 12.6 Å². The van der Waals surface area contributed by atoms with Crippen molar-refractivity contribution in [3.8, 4) is 5.75 Å². The van der Waals surface area contributed by atoms with Gasteiger partial charge in [0.15, 0.2) is 0 Å². The van der Waals surface area contributed by atoms with Crippen LogP contribution in [0, 0.1) is 0 Å². The number of hydrogen-bond acceptors (Lipinski definition) is 4. The van der Waals surface area contributed by atoms with Crippen molar-refractivity contribution in [3.05, 3.63) is 22.7 Å². The molecule has 0 bridgehead atoms. The van der Waals surface area contributed by atoms with E-state index < -0.39 is 18.3 Å². The molecule has 17 heavy (non-hydrogen) atoms. The van der Waals surface area contributed by atoms with Crippen molar-refractivity contribution in [2.24, 2.45) is 0 Å². The van der Waals surface area contributed by atoms with Gasteiger partial charge in [-0.3, -0.25) is 0 Å². The molecule has 1 aromatic carbocycles. The van der Waals surface area contributed by atoms with Crippen LogP contribution < -0.4 is 10.5 Å². The summed E-state index contributed by atoms with van der Waals surface area (Å²) in [5.74, 6) is -1.24. The van der Waals surface area contributed by atoms with Crippen LogP contribution in [-0.4, -0.2) is 19.2 Å². The molecule has 0 fully saturated rings. The number of halogens is 3. The molecule has 0 atom stereocenters. The molecule has 2 N–H and O–H groups in total. The van der Waals surface area contributed by atoms with E-state index in [1.807, 2.05) is 0 Å². The average molecular weight is 266 g/mol. The summed E-state index contributed by atoms with van der Waals surface area (Å²) in [6, 6.07) is 2.34. The van der Waals surface area contributed by atoms with Gasteiger partial charge in [-0.05, 0) is 13.0 Å². The third kappa shape index (κ3) is 3.45. The van der Waals surface area contributed by atoms with Crippen molar-refractivity contribution < 1.29 is 23.0 Å². The molecule has 4 nitrogen and oxygen atoms in total. The summed E-state index contributed by atoms with van der Waals surface area (Å²) >= 11 is 5.63. The molecule has 0 saturated carbocycles. The number of nitrogens with two attached hydrogens (primary N) is 1. The number of carbonyl (C=O) groups is 1. The molecule has 0 unspecified atom stereocenters. The molecule has 0 spiro atoms. The average Bonchev–Trinajstić information content (AvgIpc) is 2.15. The van der Waals surface area contributed by atoms with Gasteiger partial charge in [-0.15, -0.1) is 0 Å². The van der Waals surface area contributed by atoms with Gasteiger partial charge in [-0.1, -0.05) is 11.6 Å². The molecule has 1 aromatic rings. The van der Waals surface area contributed by atoms with Crippen LogP contribution >= 0.6 is 11.6 Å². The fourth-order valence-electron chi connectivity index (χ4n) is 1.21. The molecule has 0 saturated heterocycles. The predicted molar refractivity (Wildman–Crippen MR) is 58.5 cm³/mol. The summed E-state index contributed by atoms with van der Waals surface area (Å²) in [5.41, 5.74) is 5.19. The molecule has 0 radical (unpaired) electrons. The van der Waals surface area contributed by atoms with Crippen molar-refractivity contribution in [2.75, 3.05) is 12.3 Å². The molecule has 7 heteroatoms. The molecule has 94 valence electrons. The van der Waals surface area contributed by atoms with Crippen molar-refractivity contribution >= 4 is 23.3 Å². The summed E-state index contributed by atoms with van der Waals surface area (Å²) in [4.78, 5) is 11.5. The monoisotopic (exact) mass is 265 g/mol. The van der Waals surface area contributed by atoms with E-state index in [0.717, 1.165) is 6.07 Å². The molecule has 0 aliphatic rings. The highest BCUT2D eigenvalue weighted by Crippen LogP contribution is 2.31. The maximum absolute atomic E-state index is 12.2. The Bertz CT molecular complexity index is 426. The van der Waals surface area contributed by atoms with Crippen molar-refractivity contribution in [1.29, 1.82) is 0 Å². The quantitative estimate of drug-likeness (QED) is 0.672. The molecule has 0 amide bonds. The zero-order chi connectivity index (χ0) is 13.0. The van der Waals surface area contributed by atoms with Crippen LogP contribution in [0.3, 0.4) is 0 Å². The molecule has 0 aliphatic heterocycles. The Morgan fingerprint density at radius 2 is 2.18 bits per heavy atom. The van der Waals surface area contributed by atoms with E-state index in [4.69, 9.17) is 17.3 Å². The maximum atomic E-state index is 12.2. The van der Waals surface area contributed by atoms with Gasteiger partial charge in [0.25, 0.3) is 0 Å². The highest BCUT2D eigenvalue weighted by atomic mass is 35.5. The zero-order valence-corrected chi connectivity index (χ0v) is 9.63.